The largest absolute Gasteiger partial charge is 0.396 e. The van der Waals surface area contributed by atoms with Gasteiger partial charge in [0, 0.05) is 32.2 Å². The summed E-state index contributed by atoms with van der Waals surface area (Å²) in [5.41, 5.74) is 3.72. The lowest BCUT2D eigenvalue weighted by Crippen LogP contribution is -2.43. The van der Waals surface area contributed by atoms with Gasteiger partial charge in [-0.3, -0.25) is 0 Å². The van der Waals surface area contributed by atoms with Gasteiger partial charge >= 0.3 is 0 Å². The molecule has 1 saturated heterocycles. The summed E-state index contributed by atoms with van der Waals surface area (Å²) in [6, 6.07) is 8.47. The molecule has 3 rings (SSSR count). The first-order valence-electron chi connectivity index (χ1n) is 12.5. The average molecular weight is 459 g/mol. The highest BCUT2D eigenvalue weighted by molar-refractivity contribution is 5.73. The van der Waals surface area contributed by atoms with Gasteiger partial charge in [-0.05, 0) is 68.5 Å². The first-order valence-corrected chi connectivity index (χ1v) is 12.5. The number of aliphatic hydroxyl groups excluding tert-OH is 2. The first-order chi connectivity index (χ1) is 16.1. The number of nitrogens with zero attached hydrogens (tertiary/aromatic N) is 1. The number of hydrogen-bond donors (Lipinski definition) is 3. The van der Waals surface area contributed by atoms with Crippen molar-refractivity contribution in [1.29, 1.82) is 0 Å². The van der Waals surface area contributed by atoms with Crippen LogP contribution < -0.4 is 5.32 Å². The van der Waals surface area contributed by atoms with Crippen molar-refractivity contribution in [2.75, 3.05) is 52.5 Å². The Labute approximate surface area is 199 Å². The summed E-state index contributed by atoms with van der Waals surface area (Å²) < 4.78 is 13.0. The monoisotopic (exact) mass is 458 g/mol. The average Bonchev–Trinajstić information content (AvgIpc) is 3.23. The van der Waals surface area contributed by atoms with Crippen molar-refractivity contribution in [3.05, 3.63) is 53.6 Å². The van der Waals surface area contributed by atoms with Crippen molar-refractivity contribution in [2.24, 2.45) is 5.92 Å². The lowest BCUT2D eigenvalue weighted by molar-refractivity contribution is -0.223. The highest BCUT2D eigenvalue weighted by atomic mass is 16.7. The van der Waals surface area contributed by atoms with Crippen LogP contribution >= 0.6 is 0 Å². The number of hydrogen-bond acceptors (Lipinski definition) is 6. The quantitative estimate of drug-likeness (QED) is 0.294. The van der Waals surface area contributed by atoms with Gasteiger partial charge in [0.25, 0.3) is 0 Å². The SMILES string of the molecule is Cc1ccccc1C1=CC=CC(OCCCNCCCO)(OCCCN2CC[C@@H](O)C2)C1C. The standard InChI is InChI=1S/C27H42N2O4/c1-22-9-3-4-10-25(22)26-11-5-13-27(23(26)2,32-19-7-15-28-14-6-18-30)33-20-8-16-29-17-12-24(31)21-29/h3-5,9-11,13,23-24,28,30-31H,6-8,12,14-21H2,1-2H3/t23?,24-,27?/m1/s1. The minimum absolute atomic E-state index is 0.0551. The van der Waals surface area contributed by atoms with E-state index >= 15 is 0 Å². The number of nitrogens with one attached hydrogen (secondary N) is 1. The van der Waals surface area contributed by atoms with E-state index < -0.39 is 5.79 Å². The number of allylic oxidation sites excluding steroid dienone is 2. The molecule has 0 radical (unpaired) electrons. The van der Waals surface area contributed by atoms with Gasteiger partial charge in [-0.25, -0.2) is 0 Å². The molecule has 2 aliphatic rings. The summed E-state index contributed by atoms with van der Waals surface area (Å²) in [7, 11) is 0. The predicted octanol–water partition coefficient (Wildman–Crippen LogP) is 3.13. The lowest BCUT2D eigenvalue weighted by Gasteiger charge is -2.40. The van der Waals surface area contributed by atoms with Crippen molar-refractivity contribution in [2.45, 2.75) is 51.4 Å². The van der Waals surface area contributed by atoms with Crippen LogP contribution in [-0.4, -0.2) is 79.5 Å². The maximum absolute atomic E-state index is 9.76. The van der Waals surface area contributed by atoms with Crippen LogP contribution in [0.1, 0.15) is 43.7 Å². The molecule has 33 heavy (non-hydrogen) atoms. The Balaban J connectivity index is 1.61. The Kier molecular flexibility index (Phi) is 10.6. The molecule has 0 spiro atoms. The van der Waals surface area contributed by atoms with Crippen LogP contribution in [0.4, 0.5) is 0 Å². The van der Waals surface area contributed by atoms with Crippen molar-refractivity contribution in [3.63, 3.8) is 0 Å². The maximum atomic E-state index is 9.76. The second-order valence-corrected chi connectivity index (χ2v) is 9.21. The number of ether oxygens (including phenoxy) is 2. The Hall–Kier alpha value is -1.54. The van der Waals surface area contributed by atoms with Crippen molar-refractivity contribution in [1.82, 2.24) is 10.2 Å². The zero-order valence-corrected chi connectivity index (χ0v) is 20.3. The van der Waals surface area contributed by atoms with Gasteiger partial charge in [0.05, 0.1) is 19.3 Å². The van der Waals surface area contributed by atoms with E-state index in [-0.39, 0.29) is 18.6 Å². The number of rotatable bonds is 14. The first kappa shape index (κ1) is 26.1. The van der Waals surface area contributed by atoms with Crippen LogP contribution in [0.5, 0.6) is 0 Å². The van der Waals surface area contributed by atoms with E-state index in [1.54, 1.807) is 0 Å². The highest BCUT2D eigenvalue weighted by Gasteiger charge is 2.40. The third kappa shape index (κ3) is 7.47. The van der Waals surface area contributed by atoms with E-state index in [2.05, 4.69) is 66.6 Å². The summed E-state index contributed by atoms with van der Waals surface area (Å²) in [6.07, 6.45) is 9.55. The maximum Gasteiger partial charge on any atom is 0.194 e. The fraction of sp³-hybridized carbons (Fsp3) is 0.630. The molecule has 0 amide bonds. The third-order valence-corrected chi connectivity index (χ3v) is 6.66. The summed E-state index contributed by atoms with van der Waals surface area (Å²) >= 11 is 0. The molecule has 6 heteroatoms. The number of likely N-dealkylation sites (tertiary alicyclic amines) is 1. The molecule has 0 bridgehead atoms. The summed E-state index contributed by atoms with van der Waals surface area (Å²) in [6.45, 7) is 10.1. The van der Waals surface area contributed by atoms with E-state index in [9.17, 15) is 5.11 Å². The lowest BCUT2D eigenvalue weighted by atomic mass is 9.82. The van der Waals surface area contributed by atoms with E-state index in [0.29, 0.717) is 13.2 Å². The van der Waals surface area contributed by atoms with Gasteiger partial charge in [-0.1, -0.05) is 43.3 Å². The molecule has 1 fully saturated rings. The van der Waals surface area contributed by atoms with Crippen LogP contribution in [0.15, 0.2) is 42.5 Å². The molecular formula is C27H42N2O4. The van der Waals surface area contributed by atoms with E-state index in [0.717, 1.165) is 58.4 Å². The molecule has 1 aliphatic carbocycles. The van der Waals surface area contributed by atoms with E-state index in [4.69, 9.17) is 14.6 Å². The van der Waals surface area contributed by atoms with Crippen LogP contribution in [0, 0.1) is 12.8 Å². The second kappa shape index (κ2) is 13.4. The molecule has 1 aliphatic heterocycles. The molecule has 0 aromatic heterocycles. The van der Waals surface area contributed by atoms with E-state index in [1.165, 1.54) is 16.7 Å². The zero-order valence-electron chi connectivity index (χ0n) is 20.3. The number of β-amino-alcohol motifs (C(OH)–C–C–N with tert-alkyl or cyclic N) is 1. The summed E-state index contributed by atoms with van der Waals surface area (Å²) in [5.74, 6) is -0.735. The molecule has 184 valence electrons. The zero-order chi connectivity index (χ0) is 23.5. The van der Waals surface area contributed by atoms with Crippen molar-refractivity contribution >= 4 is 5.57 Å². The Morgan fingerprint density at radius 3 is 2.61 bits per heavy atom. The predicted molar refractivity (Wildman–Crippen MR) is 133 cm³/mol. The number of aryl methyl sites for hydroxylation is 1. The normalized spacial score (nSPS) is 25.5. The van der Waals surface area contributed by atoms with Gasteiger partial charge in [0.15, 0.2) is 5.79 Å². The fourth-order valence-electron chi connectivity index (χ4n) is 4.69. The molecule has 3 atom stereocenters. The second-order valence-electron chi connectivity index (χ2n) is 9.21. The van der Waals surface area contributed by atoms with Gasteiger partial charge in [0.1, 0.15) is 0 Å². The summed E-state index contributed by atoms with van der Waals surface area (Å²) in [5, 5.41) is 22.0. The van der Waals surface area contributed by atoms with Crippen LogP contribution in [0.2, 0.25) is 0 Å². The minimum Gasteiger partial charge on any atom is -0.396 e. The molecule has 1 aromatic carbocycles. The Bertz CT molecular complexity index is 781. The Morgan fingerprint density at radius 1 is 1.12 bits per heavy atom. The van der Waals surface area contributed by atoms with Gasteiger partial charge < -0.3 is 29.9 Å². The topological polar surface area (TPSA) is 74.2 Å². The Morgan fingerprint density at radius 2 is 1.88 bits per heavy atom. The third-order valence-electron chi connectivity index (χ3n) is 6.66. The minimum atomic E-state index is -0.790. The van der Waals surface area contributed by atoms with E-state index in [1.807, 2.05) is 0 Å². The van der Waals surface area contributed by atoms with Gasteiger partial charge in [-0.15, -0.1) is 0 Å². The van der Waals surface area contributed by atoms with Crippen molar-refractivity contribution < 1.29 is 19.7 Å². The van der Waals surface area contributed by atoms with Crippen LogP contribution in [-0.2, 0) is 9.47 Å². The summed E-state index contributed by atoms with van der Waals surface area (Å²) in [4.78, 5) is 2.30. The smallest absolute Gasteiger partial charge is 0.194 e. The van der Waals surface area contributed by atoms with Crippen molar-refractivity contribution in [3.8, 4) is 0 Å². The number of benzene rings is 1. The van der Waals surface area contributed by atoms with Crippen LogP contribution in [0.25, 0.3) is 5.57 Å². The molecule has 1 heterocycles. The highest BCUT2D eigenvalue weighted by Crippen LogP contribution is 2.40. The fourth-order valence-corrected chi connectivity index (χ4v) is 4.69. The van der Waals surface area contributed by atoms with Crippen LogP contribution in [0.3, 0.4) is 0 Å². The van der Waals surface area contributed by atoms with Gasteiger partial charge in [-0.2, -0.15) is 0 Å². The molecule has 1 aromatic rings. The number of aliphatic hydroxyl groups is 2. The molecule has 0 saturated carbocycles. The molecule has 2 unspecified atom stereocenters. The molecule has 6 nitrogen and oxygen atoms in total. The molecule has 3 N–H and O–H groups in total. The molecular weight excluding hydrogens is 416 g/mol. The van der Waals surface area contributed by atoms with Gasteiger partial charge in [0.2, 0.25) is 0 Å².